The number of hydrogen-bond donors (Lipinski definition) is 1. The molecular formula is C14H9BrFN3. The molecule has 0 aliphatic rings. The molecule has 0 bridgehead atoms. The molecule has 3 aromatic rings. The number of hydrogen-bond acceptors (Lipinski definition) is 3. The van der Waals surface area contributed by atoms with Gasteiger partial charge in [0.1, 0.15) is 23.5 Å². The van der Waals surface area contributed by atoms with Crippen LogP contribution in [0.4, 0.5) is 15.9 Å². The summed E-state index contributed by atoms with van der Waals surface area (Å²) in [6.07, 6.45) is 1.35. The van der Waals surface area contributed by atoms with E-state index in [4.69, 9.17) is 0 Å². The van der Waals surface area contributed by atoms with Gasteiger partial charge in [0.25, 0.3) is 0 Å². The van der Waals surface area contributed by atoms with Gasteiger partial charge < -0.3 is 5.32 Å². The van der Waals surface area contributed by atoms with Crippen molar-refractivity contribution >= 4 is 38.3 Å². The van der Waals surface area contributed by atoms with E-state index in [0.717, 1.165) is 10.2 Å². The quantitative estimate of drug-likeness (QED) is 0.766. The molecule has 0 aliphatic heterocycles. The summed E-state index contributed by atoms with van der Waals surface area (Å²) in [7, 11) is 0. The molecule has 0 fully saturated rings. The van der Waals surface area contributed by atoms with E-state index < -0.39 is 0 Å². The highest BCUT2D eigenvalue weighted by atomic mass is 79.9. The predicted molar refractivity (Wildman–Crippen MR) is 76.9 cm³/mol. The third-order valence-corrected chi connectivity index (χ3v) is 3.20. The number of nitrogens with zero attached hydrogens (tertiary/aromatic N) is 2. The molecule has 0 saturated carbocycles. The molecule has 0 aliphatic carbocycles. The van der Waals surface area contributed by atoms with Crippen LogP contribution in [0.2, 0.25) is 0 Å². The van der Waals surface area contributed by atoms with Gasteiger partial charge in [-0.15, -0.1) is 0 Å². The Labute approximate surface area is 117 Å². The second kappa shape index (κ2) is 4.93. The van der Waals surface area contributed by atoms with Crippen molar-refractivity contribution in [2.45, 2.75) is 0 Å². The molecule has 0 unspecified atom stereocenters. The fourth-order valence-electron chi connectivity index (χ4n) is 1.85. The first-order chi connectivity index (χ1) is 9.24. The van der Waals surface area contributed by atoms with Gasteiger partial charge in [0, 0.05) is 15.5 Å². The van der Waals surface area contributed by atoms with Crippen LogP contribution >= 0.6 is 15.9 Å². The van der Waals surface area contributed by atoms with Gasteiger partial charge in [0.2, 0.25) is 0 Å². The first kappa shape index (κ1) is 12.0. The van der Waals surface area contributed by atoms with Crippen molar-refractivity contribution in [1.82, 2.24) is 9.97 Å². The molecule has 5 heteroatoms. The standard InChI is InChI=1S/C14H9BrFN3/c15-9-3-1-4-10(7-9)19-14-11-5-2-6-12(16)13(11)17-8-18-14/h1-8H,(H,17,18,19). The molecule has 0 atom stereocenters. The van der Waals surface area contributed by atoms with E-state index in [2.05, 4.69) is 31.2 Å². The van der Waals surface area contributed by atoms with E-state index in [1.807, 2.05) is 24.3 Å². The fourth-order valence-corrected chi connectivity index (χ4v) is 2.25. The monoisotopic (exact) mass is 317 g/mol. The zero-order valence-electron chi connectivity index (χ0n) is 9.77. The van der Waals surface area contributed by atoms with Gasteiger partial charge in [0.15, 0.2) is 0 Å². The highest BCUT2D eigenvalue weighted by Crippen LogP contribution is 2.25. The van der Waals surface area contributed by atoms with Crippen LogP contribution in [0.5, 0.6) is 0 Å². The largest absolute Gasteiger partial charge is 0.340 e. The lowest BCUT2D eigenvalue weighted by molar-refractivity contribution is 0.636. The van der Waals surface area contributed by atoms with Crippen LogP contribution in [0.25, 0.3) is 10.9 Å². The van der Waals surface area contributed by atoms with Gasteiger partial charge in [-0.2, -0.15) is 0 Å². The Morgan fingerprint density at radius 2 is 1.89 bits per heavy atom. The molecular weight excluding hydrogens is 309 g/mol. The van der Waals surface area contributed by atoms with Crippen LogP contribution in [-0.2, 0) is 0 Å². The average Bonchev–Trinajstić information content (AvgIpc) is 2.40. The number of nitrogens with one attached hydrogen (secondary N) is 1. The SMILES string of the molecule is Fc1cccc2c(Nc3cccc(Br)c3)ncnc12. The maximum Gasteiger partial charge on any atom is 0.149 e. The van der Waals surface area contributed by atoms with Crippen molar-refractivity contribution in [1.29, 1.82) is 0 Å². The van der Waals surface area contributed by atoms with Crippen LogP contribution < -0.4 is 5.32 Å². The summed E-state index contributed by atoms with van der Waals surface area (Å²) in [5, 5.41) is 3.82. The minimum absolute atomic E-state index is 0.315. The molecule has 2 aromatic carbocycles. The Morgan fingerprint density at radius 1 is 1.05 bits per heavy atom. The van der Waals surface area contributed by atoms with Gasteiger partial charge in [-0.1, -0.05) is 28.1 Å². The maximum absolute atomic E-state index is 13.6. The van der Waals surface area contributed by atoms with Crippen LogP contribution in [-0.4, -0.2) is 9.97 Å². The van der Waals surface area contributed by atoms with E-state index in [1.165, 1.54) is 12.4 Å². The Balaban J connectivity index is 2.08. The third-order valence-electron chi connectivity index (χ3n) is 2.70. The van der Waals surface area contributed by atoms with Crippen molar-refractivity contribution in [2.24, 2.45) is 0 Å². The van der Waals surface area contributed by atoms with E-state index in [-0.39, 0.29) is 5.82 Å². The zero-order valence-corrected chi connectivity index (χ0v) is 11.4. The van der Waals surface area contributed by atoms with E-state index in [0.29, 0.717) is 16.7 Å². The number of aromatic nitrogens is 2. The number of benzene rings is 2. The van der Waals surface area contributed by atoms with Gasteiger partial charge in [-0.25, -0.2) is 14.4 Å². The smallest absolute Gasteiger partial charge is 0.149 e. The lowest BCUT2D eigenvalue weighted by Gasteiger charge is -2.08. The van der Waals surface area contributed by atoms with E-state index >= 15 is 0 Å². The van der Waals surface area contributed by atoms with Crippen molar-refractivity contribution < 1.29 is 4.39 Å². The average molecular weight is 318 g/mol. The molecule has 3 nitrogen and oxygen atoms in total. The van der Waals surface area contributed by atoms with Gasteiger partial charge in [-0.05, 0) is 30.3 Å². The van der Waals surface area contributed by atoms with Gasteiger partial charge in [0.05, 0.1) is 0 Å². The Hall–Kier alpha value is -2.01. The van der Waals surface area contributed by atoms with Crippen LogP contribution in [0.3, 0.4) is 0 Å². The van der Waals surface area contributed by atoms with E-state index in [9.17, 15) is 4.39 Å². The first-order valence-corrected chi connectivity index (χ1v) is 6.45. The molecule has 3 rings (SSSR count). The third kappa shape index (κ3) is 2.42. The van der Waals surface area contributed by atoms with Crippen LogP contribution in [0.1, 0.15) is 0 Å². The lowest BCUT2D eigenvalue weighted by Crippen LogP contribution is -1.96. The minimum Gasteiger partial charge on any atom is -0.340 e. The van der Waals surface area contributed by atoms with Gasteiger partial charge in [-0.3, -0.25) is 0 Å². The Kier molecular flexibility index (Phi) is 3.13. The highest BCUT2D eigenvalue weighted by Gasteiger charge is 2.07. The van der Waals surface area contributed by atoms with Crippen molar-refractivity contribution in [3.63, 3.8) is 0 Å². The number of para-hydroxylation sites is 1. The second-order valence-electron chi connectivity index (χ2n) is 3.99. The van der Waals surface area contributed by atoms with Crippen molar-refractivity contribution in [3.8, 4) is 0 Å². The minimum atomic E-state index is -0.350. The van der Waals surface area contributed by atoms with Crippen LogP contribution in [0.15, 0.2) is 53.3 Å². The summed E-state index contributed by atoms with van der Waals surface area (Å²) in [6, 6.07) is 12.5. The number of rotatable bonds is 2. The molecule has 1 heterocycles. The lowest BCUT2D eigenvalue weighted by atomic mass is 10.2. The topological polar surface area (TPSA) is 37.8 Å². The molecule has 1 N–H and O–H groups in total. The Morgan fingerprint density at radius 3 is 2.74 bits per heavy atom. The molecule has 0 spiro atoms. The fraction of sp³-hybridized carbons (Fsp3) is 0. The summed E-state index contributed by atoms with van der Waals surface area (Å²) < 4.78 is 14.6. The summed E-state index contributed by atoms with van der Waals surface area (Å²) in [5.74, 6) is 0.236. The Bertz CT molecular complexity index is 746. The molecule has 0 saturated heterocycles. The van der Waals surface area contributed by atoms with Crippen LogP contribution in [0, 0.1) is 5.82 Å². The summed E-state index contributed by atoms with van der Waals surface area (Å²) in [4.78, 5) is 8.13. The van der Waals surface area contributed by atoms with Crippen molar-refractivity contribution in [3.05, 3.63) is 59.1 Å². The summed E-state index contributed by atoms with van der Waals surface area (Å²) in [6.45, 7) is 0. The molecule has 0 amide bonds. The molecule has 94 valence electrons. The number of anilines is 2. The maximum atomic E-state index is 13.6. The normalized spacial score (nSPS) is 10.6. The summed E-state index contributed by atoms with van der Waals surface area (Å²) >= 11 is 3.40. The molecule has 19 heavy (non-hydrogen) atoms. The van der Waals surface area contributed by atoms with Crippen molar-refractivity contribution in [2.75, 3.05) is 5.32 Å². The molecule has 1 aromatic heterocycles. The predicted octanol–water partition coefficient (Wildman–Crippen LogP) is 4.28. The zero-order chi connectivity index (χ0) is 13.2. The van der Waals surface area contributed by atoms with Gasteiger partial charge >= 0.3 is 0 Å². The first-order valence-electron chi connectivity index (χ1n) is 5.66. The van der Waals surface area contributed by atoms with E-state index in [1.54, 1.807) is 12.1 Å². The summed E-state index contributed by atoms with van der Waals surface area (Å²) in [5.41, 5.74) is 1.19. The highest BCUT2D eigenvalue weighted by molar-refractivity contribution is 9.10. The molecule has 0 radical (unpaired) electrons. The number of fused-ring (bicyclic) bond motifs is 1. The second-order valence-corrected chi connectivity index (χ2v) is 4.91. The number of halogens is 2.